The van der Waals surface area contributed by atoms with Crippen LogP contribution in [-0.4, -0.2) is 5.78 Å². The number of rotatable bonds is 1. The summed E-state index contributed by atoms with van der Waals surface area (Å²) in [5, 5.41) is 0. The molecule has 14 heavy (non-hydrogen) atoms. The number of benzene rings is 1. The van der Waals surface area contributed by atoms with Crippen LogP contribution in [0.25, 0.3) is 0 Å². The lowest BCUT2D eigenvalue weighted by Gasteiger charge is -2.18. The van der Waals surface area contributed by atoms with Crippen LogP contribution in [0.4, 0.5) is 5.69 Å². The summed E-state index contributed by atoms with van der Waals surface area (Å²) in [5.41, 5.74) is 7.71. The van der Waals surface area contributed by atoms with Crippen molar-refractivity contribution in [2.24, 2.45) is 5.41 Å². The maximum absolute atomic E-state index is 12.0. The Kier molecular flexibility index (Phi) is 2.65. The van der Waals surface area contributed by atoms with E-state index in [1.54, 1.807) is 12.1 Å². The molecule has 2 heteroatoms. The first kappa shape index (κ1) is 10.8. The van der Waals surface area contributed by atoms with E-state index in [0.717, 1.165) is 11.1 Å². The van der Waals surface area contributed by atoms with Crippen LogP contribution < -0.4 is 5.73 Å². The Bertz CT molecular complexity index is 361. The lowest BCUT2D eigenvalue weighted by atomic mass is 9.85. The van der Waals surface area contributed by atoms with Gasteiger partial charge in [-0.05, 0) is 30.7 Å². The molecule has 0 heterocycles. The highest BCUT2D eigenvalue weighted by molar-refractivity contribution is 6.01. The van der Waals surface area contributed by atoms with Crippen LogP contribution in [0.3, 0.4) is 0 Å². The summed E-state index contributed by atoms with van der Waals surface area (Å²) in [7, 11) is 0. The van der Waals surface area contributed by atoms with Gasteiger partial charge in [0.2, 0.25) is 0 Å². The summed E-state index contributed by atoms with van der Waals surface area (Å²) >= 11 is 0. The van der Waals surface area contributed by atoms with Gasteiger partial charge in [0, 0.05) is 16.7 Å². The molecular weight excluding hydrogens is 174 g/mol. The van der Waals surface area contributed by atoms with Gasteiger partial charge in [-0.15, -0.1) is 0 Å². The molecule has 0 aliphatic carbocycles. The largest absolute Gasteiger partial charge is 0.399 e. The summed E-state index contributed by atoms with van der Waals surface area (Å²) in [4.78, 5) is 12.0. The van der Waals surface area contributed by atoms with Crippen LogP contribution >= 0.6 is 0 Å². The number of anilines is 1. The van der Waals surface area contributed by atoms with Crippen LogP contribution in [0.15, 0.2) is 18.2 Å². The van der Waals surface area contributed by atoms with Gasteiger partial charge in [-0.2, -0.15) is 0 Å². The second-order valence-electron chi connectivity index (χ2n) is 4.65. The number of nitrogen functional groups attached to an aromatic ring is 1. The number of hydrogen-bond acceptors (Lipinski definition) is 2. The van der Waals surface area contributed by atoms with E-state index in [9.17, 15) is 4.79 Å². The van der Waals surface area contributed by atoms with Crippen LogP contribution in [0.5, 0.6) is 0 Å². The molecule has 1 aromatic carbocycles. The molecule has 0 saturated heterocycles. The highest BCUT2D eigenvalue weighted by Gasteiger charge is 2.23. The van der Waals surface area contributed by atoms with Crippen molar-refractivity contribution >= 4 is 11.5 Å². The highest BCUT2D eigenvalue weighted by atomic mass is 16.1. The minimum Gasteiger partial charge on any atom is -0.399 e. The molecule has 0 fully saturated rings. The second kappa shape index (κ2) is 3.45. The number of aryl methyl sites for hydroxylation is 1. The first-order valence-corrected chi connectivity index (χ1v) is 4.73. The zero-order valence-electron chi connectivity index (χ0n) is 9.22. The van der Waals surface area contributed by atoms with E-state index in [2.05, 4.69) is 0 Å². The first-order valence-electron chi connectivity index (χ1n) is 4.73. The topological polar surface area (TPSA) is 43.1 Å². The van der Waals surface area contributed by atoms with Crippen molar-refractivity contribution in [1.82, 2.24) is 0 Å². The van der Waals surface area contributed by atoms with Crippen LogP contribution in [0.1, 0.15) is 36.7 Å². The van der Waals surface area contributed by atoms with Gasteiger partial charge in [-0.1, -0.05) is 20.8 Å². The van der Waals surface area contributed by atoms with Gasteiger partial charge >= 0.3 is 0 Å². The molecular formula is C12H17NO. The number of hydrogen-bond donors (Lipinski definition) is 1. The summed E-state index contributed by atoms with van der Waals surface area (Å²) in [6.07, 6.45) is 0. The van der Waals surface area contributed by atoms with Crippen molar-refractivity contribution in [3.8, 4) is 0 Å². The van der Waals surface area contributed by atoms with E-state index < -0.39 is 0 Å². The van der Waals surface area contributed by atoms with Gasteiger partial charge < -0.3 is 5.73 Å². The average molecular weight is 191 g/mol. The summed E-state index contributed by atoms with van der Waals surface area (Å²) in [6.45, 7) is 7.68. The van der Waals surface area contributed by atoms with Gasteiger partial charge in [0.25, 0.3) is 0 Å². The Morgan fingerprint density at radius 1 is 1.29 bits per heavy atom. The quantitative estimate of drug-likeness (QED) is 0.548. The number of Topliss-reactive ketones (excluding diaryl/α,β-unsaturated/α-hetero) is 1. The van der Waals surface area contributed by atoms with Gasteiger partial charge in [0.1, 0.15) is 0 Å². The fourth-order valence-electron chi connectivity index (χ4n) is 1.35. The third-order valence-corrected chi connectivity index (χ3v) is 2.18. The predicted molar refractivity (Wildman–Crippen MR) is 59.4 cm³/mol. The first-order chi connectivity index (χ1) is 6.32. The molecule has 1 rings (SSSR count). The molecule has 0 spiro atoms. The SMILES string of the molecule is Cc1cc(N)ccc1C(=O)C(C)(C)C. The van der Waals surface area contributed by atoms with Crippen molar-refractivity contribution in [3.63, 3.8) is 0 Å². The number of ketones is 1. The molecule has 0 saturated carbocycles. The Morgan fingerprint density at radius 3 is 2.29 bits per heavy atom. The number of carbonyl (C=O) groups is 1. The predicted octanol–water partition coefficient (Wildman–Crippen LogP) is 2.81. The maximum atomic E-state index is 12.0. The molecule has 1 aromatic rings. The lowest BCUT2D eigenvalue weighted by molar-refractivity contribution is 0.0857. The van der Waals surface area contributed by atoms with Crippen LogP contribution in [0.2, 0.25) is 0 Å². The van der Waals surface area contributed by atoms with E-state index in [1.165, 1.54) is 0 Å². The second-order valence-corrected chi connectivity index (χ2v) is 4.65. The minimum atomic E-state index is -0.332. The zero-order chi connectivity index (χ0) is 10.9. The molecule has 0 aliphatic rings. The summed E-state index contributed by atoms with van der Waals surface area (Å²) < 4.78 is 0. The molecule has 0 bridgehead atoms. The Labute approximate surface area is 85.1 Å². The van der Waals surface area contributed by atoms with E-state index in [1.807, 2.05) is 33.8 Å². The number of carbonyl (C=O) groups excluding carboxylic acids is 1. The standard InChI is InChI=1S/C12H17NO/c1-8-7-9(13)5-6-10(8)11(14)12(2,3)4/h5-7H,13H2,1-4H3. The molecule has 0 aliphatic heterocycles. The zero-order valence-corrected chi connectivity index (χ0v) is 9.22. The van der Waals surface area contributed by atoms with Crippen LogP contribution in [-0.2, 0) is 0 Å². The molecule has 2 nitrogen and oxygen atoms in total. The van der Waals surface area contributed by atoms with Crippen molar-refractivity contribution < 1.29 is 4.79 Å². The normalized spacial score (nSPS) is 11.4. The fourth-order valence-corrected chi connectivity index (χ4v) is 1.35. The Hall–Kier alpha value is -1.31. The molecule has 2 N–H and O–H groups in total. The molecule has 76 valence electrons. The van der Waals surface area contributed by atoms with Crippen LogP contribution in [0, 0.1) is 12.3 Å². The van der Waals surface area contributed by atoms with Crippen molar-refractivity contribution in [2.75, 3.05) is 5.73 Å². The van der Waals surface area contributed by atoms with E-state index in [4.69, 9.17) is 5.73 Å². The lowest BCUT2D eigenvalue weighted by Crippen LogP contribution is -2.21. The molecule has 0 unspecified atom stereocenters. The molecule has 0 radical (unpaired) electrons. The fraction of sp³-hybridized carbons (Fsp3) is 0.417. The van der Waals surface area contributed by atoms with Gasteiger partial charge in [0.05, 0.1) is 0 Å². The van der Waals surface area contributed by atoms with Crippen molar-refractivity contribution in [3.05, 3.63) is 29.3 Å². The highest BCUT2D eigenvalue weighted by Crippen LogP contribution is 2.23. The minimum absolute atomic E-state index is 0.162. The molecule has 0 aromatic heterocycles. The van der Waals surface area contributed by atoms with Gasteiger partial charge in [-0.25, -0.2) is 0 Å². The van der Waals surface area contributed by atoms with Crippen molar-refractivity contribution in [1.29, 1.82) is 0 Å². The third kappa shape index (κ3) is 2.13. The van der Waals surface area contributed by atoms with E-state index >= 15 is 0 Å². The summed E-state index contributed by atoms with van der Waals surface area (Å²) in [5.74, 6) is 0.162. The van der Waals surface area contributed by atoms with Gasteiger partial charge in [-0.3, -0.25) is 4.79 Å². The maximum Gasteiger partial charge on any atom is 0.168 e. The van der Waals surface area contributed by atoms with E-state index in [0.29, 0.717) is 5.69 Å². The molecule has 0 amide bonds. The van der Waals surface area contributed by atoms with Crippen molar-refractivity contribution in [2.45, 2.75) is 27.7 Å². The third-order valence-electron chi connectivity index (χ3n) is 2.18. The van der Waals surface area contributed by atoms with Gasteiger partial charge in [0.15, 0.2) is 5.78 Å². The molecule has 0 atom stereocenters. The summed E-state index contributed by atoms with van der Waals surface area (Å²) in [6, 6.07) is 5.41. The van der Waals surface area contributed by atoms with E-state index in [-0.39, 0.29) is 11.2 Å². The Balaban J connectivity index is 3.15. The monoisotopic (exact) mass is 191 g/mol. The average Bonchev–Trinajstić information content (AvgIpc) is 2.01. The number of nitrogens with two attached hydrogens (primary N) is 1. The smallest absolute Gasteiger partial charge is 0.168 e. The Morgan fingerprint density at radius 2 is 1.86 bits per heavy atom.